The number of rotatable bonds is 5. The zero-order chi connectivity index (χ0) is 15.7. The average molecular weight is 279 g/mol. The van der Waals surface area contributed by atoms with Gasteiger partial charge in [-0.1, -0.05) is 52.0 Å². The molecule has 0 saturated carbocycles. The van der Waals surface area contributed by atoms with E-state index in [-0.39, 0.29) is 11.8 Å². The van der Waals surface area contributed by atoms with E-state index >= 15 is 0 Å². The van der Waals surface area contributed by atoms with E-state index < -0.39 is 0 Å². The fourth-order valence-electron chi connectivity index (χ4n) is 1.92. The fraction of sp³-hybridized carbons (Fsp3) is 0.588. The number of carbonyl (C=O) groups excluding carboxylic acids is 1. The van der Waals surface area contributed by atoms with Gasteiger partial charge in [-0.15, -0.1) is 0 Å². The molecule has 1 aromatic carbocycles. The lowest BCUT2D eigenvalue weighted by molar-refractivity contribution is -0.170. The Balaban J connectivity index is 0.00000172. The van der Waals surface area contributed by atoms with Gasteiger partial charge >= 0.3 is 0 Å². The van der Waals surface area contributed by atoms with E-state index in [4.69, 9.17) is 4.84 Å². The van der Waals surface area contributed by atoms with E-state index in [1.54, 1.807) is 7.05 Å². The van der Waals surface area contributed by atoms with Crippen LogP contribution in [0.1, 0.15) is 51.7 Å². The Morgan fingerprint density at radius 3 is 2.05 bits per heavy atom. The maximum Gasteiger partial charge on any atom is 0.253 e. The molecule has 0 aliphatic rings. The van der Waals surface area contributed by atoms with Gasteiger partial charge in [-0.3, -0.25) is 9.63 Å². The average Bonchev–Trinajstić information content (AvgIpc) is 2.47. The third-order valence-corrected chi connectivity index (χ3v) is 3.08. The molecular weight excluding hydrogens is 250 g/mol. The molecule has 1 amide bonds. The smallest absolute Gasteiger partial charge is 0.253 e. The molecule has 0 aliphatic carbocycles. The van der Waals surface area contributed by atoms with Gasteiger partial charge < -0.3 is 0 Å². The second kappa shape index (κ2) is 9.54. The van der Waals surface area contributed by atoms with Crippen LogP contribution in [-0.2, 0) is 16.1 Å². The summed E-state index contributed by atoms with van der Waals surface area (Å²) >= 11 is 0. The fourth-order valence-corrected chi connectivity index (χ4v) is 1.92. The number of carbonyl (C=O) groups is 1. The van der Waals surface area contributed by atoms with Gasteiger partial charge in [-0.25, -0.2) is 5.06 Å². The first-order valence-corrected chi connectivity index (χ1v) is 7.36. The third kappa shape index (κ3) is 5.74. The highest BCUT2D eigenvalue weighted by molar-refractivity contribution is 5.82. The van der Waals surface area contributed by atoms with Crippen LogP contribution in [0.5, 0.6) is 0 Å². The number of hydroxylamine groups is 2. The van der Waals surface area contributed by atoms with E-state index in [0.717, 1.165) is 12.0 Å². The van der Waals surface area contributed by atoms with Crippen LogP contribution >= 0.6 is 0 Å². The lowest BCUT2D eigenvalue weighted by Crippen LogP contribution is -2.29. The van der Waals surface area contributed by atoms with Crippen molar-refractivity contribution >= 4 is 5.91 Å². The van der Waals surface area contributed by atoms with Gasteiger partial charge in [0.25, 0.3) is 5.91 Å². The van der Waals surface area contributed by atoms with Crippen LogP contribution in [0.2, 0.25) is 0 Å². The number of hydrogen-bond acceptors (Lipinski definition) is 2. The second-order valence-corrected chi connectivity index (χ2v) is 5.08. The molecule has 0 fully saturated rings. The van der Waals surface area contributed by atoms with Gasteiger partial charge in [0.2, 0.25) is 0 Å². The maximum absolute atomic E-state index is 11.9. The van der Waals surface area contributed by atoms with Crippen molar-refractivity contribution in [2.75, 3.05) is 14.2 Å². The molecule has 3 heteroatoms. The molecule has 1 atom stereocenters. The van der Waals surface area contributed by atoms with Crippen LogP contribution in [0.4, 0.5) is 0 Å². The molecule has 1 aromatic rings. The summed E-state index contributed by atoms with van der Waals surface area (Å²) in [6, 6.07) is 8.27. The van der Waals surface area contributed by atoms with Crippen molar-refractivity contribution in [3.05, 3.63) is 35.4 Å². The number of hydrogen-bond donors (Lipinski definition) is 0. The summed E-state index contributed by atoms with van der Waals surface area (Å²) in [7, 11) is 3.13. The van der Waals surface area contributed by atoms with E-state index in [1.807, 2.05) is 32.9 Å². The predicted molar refractivity (Wildman–Crippen MR) is 84.5 cm³/mol. The van der Waals surface area contributed by atoms with Gasteiger partial charge in [0.1, 0.15) is 0 Å². The molecule has 0 spiro atoms. The molecular formula is C17H29NO2. The molecule has 114 valence electrons. The first-order valence-electron chi connectivity index (χ1n) is 7.36. The molecule has 0 bridgehead atoms. The highest BCUT2D eigenvalue weighted by atomic mass is 16.7. The summed E-state index contributed by atoms with van der Waals surface area (Å²) in [4.78, 5) is 16.9. The van der Waals surface area contributed by atoms with Crippen molar-refractivity contribution in [1.82, 2.24) is 5.06 Å². The monoisotopic (exact) mass is 279 g/mol. The van der Waals surface area contributed by atoms with E-state index in [1.165, 1.54) is 17.7 Å². The van der Waals surface area contributed by atoms with Crippen molar-refractivity contribution < 1.29 is 9.63 Å². The van der Waals surface area contributed by atoms with Gasteiger partial charge in [0, 0.05) is 7.05 Å². The largest absolute Gasteiger partial charge is 0.275 e. The Hall–Kier alpha value is -1.35. The summed E-state index contributed by atoms with van der Waals surface area (Å²) in [6.45, 7) is 10.3. The SMILES string of the molecule is CC.CON(C)C(=O)C(C)c1ccc(CC(C)C)cc1. The molecule has 1 unspecified atom stereocenters. The summed E-state index contributed by atoms with van der Waals surface area (Å²) in [5.41, 5.74) is 2.34. The number of likely N-dealkylation sites (N-methyl/N-ethyl adjacent to an activating group) is 1. The normalized spacial score (nSPS) is 11.6. The highest BCUT2D eigenvalue weighted by Gasteiger charge is 2.19. The zero-order valence-electron chi connectivity index (χ0n) is 13.9. The van der Waals surface area contributed by atoms with Crippen molar-refractivity contribution in [2.45, 2.75) is 47.0 Å². The molecule has 0 aliphatic heterocycles. The molecule has 1 rings (SSSR count). The molecule has 0 heterocycles. The van der Waals surface area contributed by atoms with Crippen LogP contribution in [0.25, 0.3) is 0 Å². The van der Waals surface area contributed by atoms with Crippen molar-refractivity contribution in [1.29, 1.82) is 0 Å². The van der Waals surface area contributed by atoms with Gasteiger partial charge in [-0.2, -0.15) is 0 Å². The van der Waals surface area contributed by atoms with Crippen molar-refractivity contribution in [2.24, 2.45) is 5.92 Å². The minimum absolute atomic E-state index is 0.0332. The first kappa shape index (κ1) is 18.7. The zero-order valence-corrected chi connectivity index (χ0v) is 13.9. The van der Waals surface area contributed by atoms with Crippen LogP contribution < -0.4 is 0 Å². The standard InChI is InChI=1S/C15H23NO2.C2H6/c1-11(2)10-13-6-8-14(9-7-13)12(3)15(17)16(4)18-5;1-2/h6-9,11-12H,10H2,1-5H3;1-2H3. The van der Waals surface area contributed by atoms with Gasteiger partial charge in [0.05, 0.1) is 13.0 Å². The minimum Gasteiger partial charge on any atom is -0.275 e. The summed E-state index contributed by atoms with van der Waals surface area (Å²) in [6.07, 6.45) is 1.07. The van der Waals surface area contributed by atoms with Crippen LogP contribution in [0.15, 0.2) is 24.3 Å². The molecule has 0 aromatic heterocycles. The lowest BCUT2D eigenvalue weighted by Gasteiger charge is -2.19. The minimum atomic E-state index is -0.178. The molecule has 20 heavy (non-hydrogen) atoms. The van der Waals surface area contributed by atoms with Gasteiger partial charge in [0.15, 0.2) is 0 Å². The number of benzene rings is 1. The topological polar surface area (TPSA) is 29.5 Å². The lowest BCUT2D eigenvalue weighted by atomic mass is 9.96. The maximum atomic E-state index is 11.9. The van der Waals surface area contributed by atoms with E-state index in [0.29, 0.717) is 5.92 Å². The quantitative estimate of drug-likeness (QED) is 0.761. The summed E-state index contributed by atoms with van der Waals surface area (Å²) in [5, 5.41) is 1.27. The van der Waals surface area contributed by atoms with E-state index in [2.05, 4.69) is 26.0 Å². The molecule has 3 nitrogen and oxygen atoms in total. The Kier molecular flexibility index (Phi) is 8.89. The molecule has 0 saturated heterocycles. The summed E-state index contributed by atoms with van der Waals surface area (Å²) < 4.78 is 0. The second-order valence-electron chi connectivity index (χ2n) is 5.08. The number of nitrogens with zero attached hydrogens (tertiary/aromatic N) is 1. The molecule has 0 radical (unpaired) electrons. The van der Waals surface area contributed by atoms with Crippen LogP contribution in [0, 0.1) is 5.92 Å². The van der Waals surface area contributed by atoms with Crippen molar-refractivity contribution in [3.63, 3.8) is 0 Å². The third-order valence-electron chi connectivity index (χ3n) is 3.08. The Labute approximate surface area is 123 Å². The van der Waals surface area contributed by atoms with Crippen molar-refractivity contribution in [3.8, 4) is 0 Å². The Morgan fingerprint density at radius 1 is 1.15 bits per heavy atom. The highest BCUT2D eigenvalue weighted by Crippen LogP contribution is 2.19. The Bertz CT molecular complexity index is 384. The van der Waals surface area contributed by atoms with Crippen LogP contribution in [-0.4, -0.2) is 25.1 Å². The van der Waals surface area contributed by atoms with Gasteiger partial charge in [-0.05, 0) is 30.4 Å². The Morgan fingerprint density at radius 2 is 1.65 bits per heavy atom. The number of amides is 1. The summed E-state index contributed by atoms with van der Waals surface area (Å²) in [5.74, 6) is 0.437. The molecule has 0 N–H and O–H groups in total. The predicted octanol–water partition coefficient (Wildman–Crippen LogP) is 4.03. The van der Waals surface area contributed by atoms with E-state index in [9.17, 15) is 4.79 Å². The van der Waals surface area contributed by atoms with Crippen LogP contribution in [0.3, 0.4) is 0 Å². The first-order chi connectivity index (χ1) is 9.45.